The summed E-state index contributed by atoms with van der Waals surface area (Å²) in [5.74, 6) is -1.61. The first-order valence-electron chi connectivity index (χ1n) is 5.46. The molecule has 6 nitrogen and oxygen atoms in total. The monoisotopic (exact) mass is 251 g/mol. The lowest BCUT2D eigenvalue weighted by Crippen LogP contribution is -2.37. The van der Waals surface area contributed by atoms with Gasteiger partial charge in [0.15, 0.2) is 0 Å². The van der Waals surface area contributed by atoms with Crippen molar-refractivity contribution in [3.63, 3.8) is 0 Å². The van der Waals surface area contributed by atoms with Gasteiger partial charge < -0.3 is 21.1 Å². The molecule has 1 unspecified atom stereocenters. The lowest BCUT2D eigenvalue weighted by atomic mass is 10.2. The Balaban J connectivity index is 2.78. The number of para-hydroxylation sites is 2. The highest BCUT2D eigenvalue weighted by atomic mass is 16.4. The average Bonchev–Trinajstić information content (AvgIpc) is 2.28. The molecule has 0 fully saturated rings. The standard InChI is InChI=1S/C12H17N3O3/c1-15(2)10-6-4-3-5-9(10)14-12(18)8(13)7-11(16)17/h3-6,8H,7,13H2,1-2H3,(H,14,18)(H,16,17). The molecule has 1 amide bonds. The number of aliphatic carboxylic acids is 1. The number of nitrogens with one attached hydrogen (secondary N) is 1. The summed E-state index contributed by atoms with van der Waals surface area (Å²) >= 11 is 0. The quantitative estimate of drug-likeness (QED) is 0.708. The van der Waals surface area contributed by atoms with E-state index in [-0.39, 0.29) is 0 Å². The minimum atomic E-state index is -1.10. The van der Waals surface area contributed by atoms with Crippen molar-refractivity contribution in [2.24, 2.45) is 5.73 Å². The lowest BCUT2D eigenvalue weighted by Gasteiger charge is -2.18. The van der Waals surface area contributed by atoms with Gasteiger partial charge in [-0.05, 0) is 12.1 Å². The summed E-state index contributed by atoms with van der Waals surface area (Å²) in [6.45, 7) is 0. The van der Waals surface area contributed by atoms with Gasteiger partial charge in [0, 0.05) is 14.1 Å². The van der Waals surface area contributed by atoms with E-state index in [1.165, 1.54) is 0 Å². The largest absolute Gasteiger partial charge is 0.481 e. The Morgan fingerprint density at radius 3 is 2.56 bits per heavy atom. The molecule has 4 N–H and O–H groups in total. The number of carboxylic acids is 1. The number of rotatable bonds is 5. The summed E-state index contributed by atoms with van der Waals surface area (Å²) in [4.78, 5) is 24.0. The van der Waals surface area contributed by atoms with Crippen LogP contribution in [0.2, 0.25) is 0 Å². The first-order chi connectivity index (χ1) is 8.41. The summed E-state index contributed by atoms with van der Waals surface area (Å²) in [6, 6.07) is 6.16. The maximum Gasteiger partial charge on any atom is 0.305 e. The molecule has 0 aliphatic heterocycles. The first kappa shape index (κ1) is 14.0. The van der Waals surface area contributed by atoms with Crippen molar-refractivity contribution in [3.8, 4) is 0 Å². The normalized spacial score (nSPS) is 11.7. The molecular formula is C12H17N3O3. The van der Waals surface area contributed by atoms with E-state index >= 15 is 0 Å². The van der Waals surface area contributed by atoms with Crippen LogP contribution in [-0.4, -0.2) is 37.1 Å². The SMILES string of the molecule is CN(C)c1ccccc1NC(=O)C(N)CC(=O)O. The molecule has 0 heterocycles. The van der Waals surface area contributed by atoms with Crippen LogP contribution < -0.4 is 16.0 Å². The van der Waals surface area contributed by atoms with E-state index in [0.29, 0.717) is 5.69 Å². The summed E-state index contributed by atoms with van der Waals surface area (Å²) < 4.78 is 0. The molecule has 0 bridgehead atoms. The Morgan fingerprint density at radius 2 is 2.00 bits per heavy atom. The minimum Gasteiger partial charge on any atom is -0.481 e. The van der Waals surface area contributed by atoms with E-state index in [9.17, 15) is 9.59 Å². The van der Waals surface area contributed by atoms with Gasteiger partial charge in [-0.15, -0.1) is 0 Å². The predicted molar refractivity (Wildman–Crippen MR) is 69.6 cm³/mol. The summed E-state index contributed by atoms with van der Waals surface area (Å²) in [6.07, 6.45) is -0.393. The maximum atomic E-state index is 11.7. The fourth-order valence-electron chi connectivity index (χ4n) is 1.48. The van der Waals surface area contributed by atoms with Gasteiger partial charge >= 0.3 is 5.97 Å². The molecule has 0 aromatic heterocycles. The van der Waals surface area contributed by atoms with E-state index in [1.807, 2.05) is 31.1 Å². The molecule has 0 saturated carbocycles. The zero-order valence-electron chi connectivity index (χ0n) is 10.4. The van der Waals surface area contributed by atoms with Gasteiger partial charge in [-0.3, -0.25) is 9.59 Å². The van der Waals surface area contributed by atoms with Crippen molar-refractivity contribution in [2.45, 2.75) is 12.5 Å². The maximum absolute atomic E-state index is 11.7. The number of hydrogen-bond acceptors (Lipinski definition) is 4. The average molecular weight is 251 g/mol. The molecular weight excluding hydrogens is 234 g/mol. The third-order valence-corrected chi connectivity index (χ3v) is 2.38. The van der Waals surface area contributed by atoms with Crippen LogP contribution in [0.1, 0.15) is 6.42 Å². The summed E-state index contributed by atoms with van der Waals surface area (Å²) in [7, 11) is 3.70. The number of amides is 1. The third-order valence-electron chi connectivity index (χ3n) is 2.38. The van der Waals surface area contributed by atoms with Crippen LogP contribution in [0, 0.1) is 0 Å². The van der Waals surface area contributed by atoms with Crippen molar-refractivity contribution in [2.75, 3.05) is 24.3 Å². The van der Waals surface area contributed by atoms with Crippen LogP contribution in [0.4, 0.5) is 11.4 Å². The molecule has 0 radical (unpaired) electrons. The zero-order chi connectivity index (χ0) is 13.7. The summed E-state index contributed by atoms with van der Waals surface area (Å²) in [5, 5.41) is 11.2. The number of hydrogen-bond donors (Lipinski definition) is 3. The van der Waals surface area contributed by atoms with E-state index in [1.54, 1.807) is 12.1 Å². The molecule has 98 valence electrons. The number of carboxylic acid groups (broad SMARTS) is 1. The second-order valence-electron chi connectivity index (χ2n) is 4.11. The molecule has 1 aromatic carbocycles. The zero-order valence-corrected chi connectivity index (χ0v) is 10.4. The second kappa shape index (κ2) is 6.02. The number of carbonyl (C=O) groups is 2. The highest BCUT2D eigenvalue weighted by molar-refractivity contribution is 5.99. The molecule has 0 aliphatic carbocycles. The smallest absolute Gasteiger partial charge is 0.305 e. The van der Waals surface area contributed by atoms with Crippen molar-refractivity contribution in [1.29, 1.82) is 0 Å². The Morgan fingerprint density at radius 1 is 1.39 bits per heavy atom. The van der Waals surface area contributed by atoms with Crippen molar-refractivity contribution in [1.82, 2.24) is 0 Å². The Bertz CT molecular complexity index is 446. The Kier molecular flexibility index (Phi) is 4.67. The highest BCUT2D eigenvalue weighted by Crippen LogP contribution is 2.23. The van der Waals surface area contributed by atoms with E-state index in [0.717, 1.165) is 5.69 Å². The Hall–Kier alpha value is -2.08. The van der Waals surface area contributed by atoms with Crippen LogP contribution in [0.5, 0.6) is 0 Å². The molecule has 18 heavy (non-hydrogen) atoms. The molecule has 1 aromatic rings. The van der Waals surface area contributed by atoms with Crippen LogP contribution in [0.3, 0.4) is 0 Å². The number of benzene rings is 1. The number of nitrogens with two attached hydrogens (primary N) is 1. The first-order valence-corrected chi connectivity index (χ1v) is 5.46. The molecule has 0 aliphatic rings. The van der Waals surface area contributed by atoms with E-state index < -0.39 is 24.3 Å². The van der Waals surface area contributed by atoms with Gasteiger partial charge in [-0.2, -0.15) is 0 Å². The van der Waals surface area contributed by atoms with Gasteiger partial charge in [0.05, 0.1) is 23.8 Å². The van der Waals surface area contributed by atoms with Crippen LogP contribution in [-0.2, 0) is 9.59 Å². The van der Waals surface area contributed by atoms with Gasteiger partial charge in [0.2, 0.25) is 5.91 Å². The van der Waals surface area contributed by atoms with Crippen molar-refractivity contribution >= 4 is 23.3 Å². The number of carbonyl (C=O) groups excluding carboxylic acids is 1. The van der Waals surface area contributed by atoms with E-state index in [4.69, 9.17) is 10.8 Å². The minimum absolute atomic E-state index is 0.393. The highest BCUT2D eigenvalue weighted by Gasteiger charge is 2.18. The Labute approximate surface area is 105 Å². The molecule has 6 heteroatoms. The molecule has 0 spiro atoms. The van der Waals surface area contributed by atoms with Crippen LogP contribution in [0.15, 0.2) is 24.3 Å². The van der Waals surface area contributed by atoms with Gasteiger partial charge in [-0.25, -0.2) is 0 Å². The predicted octanol–water partition coefficient (Wildman–Crippen LogP) is 0.493. The van der Waals surface area contributed by atoms with Crippen molar-refractivity contribution in [3.05, 3.63) is 24.3 Å². The second-order valence-corrected chi connectivity index (χ2v) is 4.11. The summed E-state index contributed by atoms with van der Waals surface area (Å²) in [5.41, 5.74) is 6.92. The van der Waals surface area contributed by atoms with Gasteiger partial charge in [0.25, 0.3) is 0 Å². The molecule has 0 saturated heterocycles. The number of nitrogens with zero attached hydrogens (tertiary/aromatic N) is 1. The van der Waals surface area contributed by atoms with Crippen molar-refractivity contribution < 1.29 is 14.7 Å². The molecule has 1 rings (SSSR count). The van der Waals surface area contributed by atoms with Gasteiger partial charge in [-0.1, -0.05) is 12.1 Å². The fourth-order valence-corrected chi connectivity index (χ4v) is 1.48. The van der Waals surface area contributed by atoms with Crippen LogP contribution >= 0.6 is 0 Å². The lowest BCUT2D eigenvalue weighted by molar-refractivity contribution is -0.138. The number of anilines is 2. The topological polar surface area (TPSA) is 95.7 Å². The fraction of sp³-hybridized carbons (Fsp3) is 0.333. The molecule has 1 atom stereocenters. The van der Waals surface area contributed by atoms with Gasteiger partial charge in [0.1, 0.15) is 0 Å². The van der Waals surface area contributed by atoms with Crippen LogP contribution in [0.25, 0.3) is 0 Å². The third kappa shape index (κ3) is 3.74. The van der Waals surface area contributed by atoms with E-state index in [2.05, 4.69) is 5.32 Å².